The fraction of sp³-hybridized carbons (Fsp3) is 0.176. The van der Waals surface area contributed by atoms with E-state index in [4.69, 9.17) is 0 Å². The number of allylic oxidation sites excluding steroid dienone is 2. The van der Waals surface area contributed by atoms with Crippen LogP contribution in [0.4, 0.5) is 5.95 Å². The molecule has 8 nitrogen and oxygen atoms in total. The minimum Gasteiger partial charge on any atom is -0.390 e. The highest BCUT2D eigenvalue weighted by molar-refractivity contribution is 7.10. The molecule has 0 N–H and O–H groups in total. The van der Waals surface area contributed by atoms with Gasteiger partial charge in [-0.15, -0.1) is 11.3 Å². The van der Waals surface area contributed by atoms with Gasteiger partial charge in [0.25, 0.3) is 0 Å². The molecule has 0 saturated carbocycles. The molecule has 130 valence electrons. The van der Waals surface area contributed by atoms with Crippen LogP contribution in [0.25, 0.3) is 5.57 Å². The number of rotatable bonds is 4. The van der Waals surface area contributed by atoms with E-state index in [1.54, 1.807) is 6.08 Å². The lowest BCUT2D eigenvalue weighted by molar-refractivity contribution is -0.394. The molecule has 0 saturated heterocycles. The SMILES string of the molecule is O=C1C=C(c2ccccc2)C[C@@H](c2cccs2)[C@@H]1n1nnc([N+](=O)[O-])n1. The Bertz CT molecular complexity index is 981. The van der Waals surface area contributed by atoms with Crippen LogP contribution in [-0.4, -0.2) is 30.9 Å². The average molecular weight is 367 g/mol. The molecule has 0 spiro atoms. The molecule has 26 heavy (non-hydrogen) atoms. The molecule has 2 atom stereocenters. The van der Waals surface area contributed by atoms with Crippen LogP contribution in [0.5, 0.6) is 0 Å². The van der Waals surface area contributed by atoms with Crippen molar-refractivity contribution >= 4 is 28.6 Å². The number of nitro groups is 1. The second kappa shape index (κ2) is 6.60. The third-order valence-electron chi connectivity index (χ3n) is 4.31. The maximum atomic E-state index is 12.9. The summed E-state index contributed by atoms with van der Waals surface area (Å²) in [6, 6.07) is 12.8. The zero-order chi connectivity index (χ0) is 18.1. The topological polar surface area (TPSA) is 104 Å². The molecule has 0 bridgehead atoms. The van der Waals surface area contributed by atoms with E-state index in [1.165, 1.54) is 11.3 Å². The largest absolute Gasteiger partial charge is 0.514 e. The number of hydrogen-bond donors (Lipinski definition) is 0. The summed E-state index contributed by atoms with van der Waals surface area (Å²) in [7, 11) is 0. The fourth-order valence-corrected chi connectivity index (χ4v) is 4.02. The highest BCUT2D eigenvalue weighted by Crippen LogP contribution is 2.43. The number of thiophene rings is 1. The quantitative estimate of drug-likeness (QED) is 0.518. The summed E-state index contributed by atoms with van der Waals surface area (Å²) in [5, 5.41) is 23.8. The van der Waals surface area contributed by atoms with Gasteiger partial charge in [-0.3, -0.25) is 4.79 Å². The number of carbonyl (C=O) groups is 1. The van der Waals surface area contributed by atoms with Crippen LogP contribution in [0.15, 0.2) is 53.9 Å². The number of ketones is 1. The summed E-state index contributed by atoms with van der Waals surface area (Å²) in [6.07, 6.45) is 2.19. The van der Waals surface area contributed by atoms with Gasteiger partial charge in [-0.2, -0.15) is 0 Å². The van der Waals surface area contributed by atoms with Crippen LogP contribution in [0, 0.1) is 10.1 Å². The van der Waals surface area contributed by atoms with Crippen molar-refractivity contribution in [3.8, 4) is 0 Å². The summed E-state index contributed by atoms with van der Waals surface area (Å²) in [4.78, 5) is 25.1. The summed E-state index contributed by atoms with van der Waals surface area (Å²) in [5.74, 6) is -1.02. The van der Waals surface area contributed by atoms with Gasteiger partial charge in [-0.25, -0.2) is 0 Å². The lowest BCUT2D eigenvalue weighted by Gasteiger charge is -2.27. The smallest absolute Gasteiger partial charge is 0.390 e. The Hall–Kier alpha value is -3.20. The Morgan fingerprint density at radius 2 is 2.00 bits per heavy atom. The zero-order valence-corrected chi connectivity index (χ0v) is 14.2. The molecule has 3 aromatic rings. The van der Waals surface area contributed by atoms with Crippen molar-refractivity contribution in [1.82, 2.24) is 20.2 Å². The first-order chi connectivity index (χ1) is 12.6. The Labute approximate surface area is 151 Å². The molecule has 0 radical (unpaired) electrons. The number of nitrogens with zero attached hydrogens (tertiary/aromatic N) is 5. The minimum absolute atomic E-state index is 0.194. The van der Waals surface area contributed by atoms with Gasteiger partial charge < -0.3 is 10.1 Å². The third-order valence-corrected chi connectivity index (χ3v) is 5.32. The van der Waals surface area contributed by atoms with Gasteiger partial charge in [0.05, 0.1) is 10.2 Å². The van der Waals surface area contributed by atoms with Crippen molar-refractivity contribution in [1.29, 1.82) is 0 Å². The van der Waals surface area contributed by atoms with E-state index in [2.05, 4.69) is 15.4 Å². The fourth-order valence-electron chi connectivity index (χ4n) is 3.16. The molecule has 1 aliphatic rings. The van der Waals surface area contributed by atoms with E-state index < -0.39 is 16.9 Å². The van der Waals surface area contributed by atoms with Gasteiger partial charge in [-0.05, 0) is 40.0 Å². The van der Waals surface area contributed by atoms with Crippen LogP contribution < -0.4 is 0 Å². The Morgan fingerprint density at radius 1 is 1.19 bits per heavy atom. The first-order valence-electron chi connectivity index (χ1n) is 7.90. The van der Waals surface area contributed by atoms with Gasteiger partial charge in [-0.1, -0.05) is 41.2 Å². The van der Waals surface area contributed by atoms with Crippen LogP contribution in [0.2, 0.25) is 0 Å². The number of carbonyl (C=O) groups excluding carboxylic acids is 1. The van der Waals surface area contributed by atoms with Gasteiger partial charge in [0, 0.05) is 16.0 Å². The van der Waals surface area contributed by atoms with E-state index in [0.717, 1.165) is 20.8 Å². The van der Waals surface area contributed by atoms with Crippen molar-refractivity contribution in [3.63, 3.8) is 0 Å². The predicted octanol–water partition coefficient (Wildman–Crippen LogP) is 3.02. The first-order valence-corrected chi connectivity index (χ1v) is 8.78. The Balaban J connectivity index is 1.77. The number of hydrogen-bond acceptors (Lipinski definition) is 7. The van der Waals surface area contributed by atoms with Gasteiger partial charge in [0.1, 0.15) is 0 Å². The lowest BCUT2D eigenvalue weighted by atomic mass is 9.80. The summed E-state index contributed by atoms with van der Waals surface area (Å²) in [6.45, 7) is 0. The Kier molecular flexibility index (Phi) is 4.13. The lowest BCUT2D eigenvalue weighted by Crippen LogP contribution is -2.30. The molecule has 2 heterocycles. The molecule has 4 rings (SSSR count). The molecule has 0 amide bonds. The number of aromatic nitrogens is 4. The molecule has 0 fully saturated rings. The molecule has 0 aliphatic heterocycles. The summed E-state index contributed by atoms with van der Waals surface area (Å²) in [5.41, 5.74) is 1.92. The van der Waals surface area contributed by atoms with Crippen LogP contribution in [0.1, 0.15) is 28.8 Å². The molecule has 1 aliphatic carbocycles. The van der Waals surface area contributed by atoms with Crippen LogP contribution in [-0.2, 0) is 4.79 Å². The van der Waals surface area contributed by atoms with Crippen molar-refractivity contribution in [3.05, 3.63) is 74.5 Å². The maximum absolute atomic E-state index is 12.9. The highest BCUT2D eigenvalue weighted by atomic mass is 32.1. The minimum atomic E-state index is -0.748. The molecular formula is C17H13N5O3S. The normalized spacial score (nSPS) is 20.0. The maximum Gasteiger partial charge on any atom is 0.514 e. The second-order valence-corrected chi connectivity index (χ2v) is 6.86. The van der Waals surface area contributed by atoms with Crippen molar-refractivity contribution in [2.75, 3.05) is 0 Å². The van der Waals surface area contributed by atoms with E-state index in [-0.39, 0.29) is 11.7 Å². The van der Waals surface area contributed by atoms with E-state index in [9.17, 15) is 14.9 Å². The van der Waals surface area contributed by atoms with Crippen molar-refractivity contribution in [2.45, 2.75) is 18.4 Å². The molecular weight excluding hydrogens is 354 g/mol. The first kappa shape index (κ1) is 16.3. The zero-order valence-electron chi connectivity index (χ0n) is 13.4. The van der Waals surface area contributed by atoms with Gasteiger partial charge in [0.2, 0.25) is 0 Å². The highest BCUT2D eigenvalue weighted by Gasteiger charge is 2.39. The molecule has 9 heteroatoms. The third kappa shape index (κ3) is 2.93. The van der Waals surface area contributed by atoms with E-state index in [0.29, 0.717) is 6.42 Å². The monoisotopic (exact) mass is 367 g/mol. The van der Waals surface area contributed by atoms with E-state index >= 15 is 0 Å². The molecule has 2 aromatic heterocycles. The van der Waals surface area contributed by atoms with E-state index in [1.807, 2.05) is 47.8 Å². The number of benzene rings is 1. The van der Waals surface area contributed by atoms with Crippen LogP contribution in [0.3, 0.4) is 0 Å². The number of tetrazole rings is 1. The van der Waals surface area contributed by atoms with Crippen LogP contribution >= 0.6 is 11.3 Å². The molecule has 1 aromatic carbocycles. The summed E-state index contributed by atoms with van der Waals surface area (Å²) >= 11 is 1.54. The second-order valence-electron chi connectivity index (χ2n) is 5.88. The standard InChI is InChI=1S/C17H13N5O3S/c23-14-10-12(11-5-2-1-3-6-11)9-13(15-7-4-8-26-15)16(14)21-19-17(18-20-21)22(24)25/h1-8,10,13,16H,9H2/t13-,16-/m0/s1. The van der Waals surface area contributed by atoms with Gasteiger partial charge in [0.15, 0.2) is 11.8 Å². The predicted molar refractivity (Wildman–Crippen MR) is 94.6 cm³/mol. The Morgan fingerprint density at radius 3 is 2.65 bits per heavy atom. The van der Waals surface area contributed by atoms with Crippen molar-refractivity contribution < 1.29 is 9.72 Å². The molecule has 0 unspecified atom stereocenters. The summed E-state index contributed by atoms with van der Waals surface area (Å²) < 4.78 is 0. The average Bonchev–Trinajstić information content (AvgIpc) is 3.34. The van der Waals surface area contributed by atoms with Crippen molar-refractivity contribution in [2.24, 2.45) is 0 Å². The van der Waals surface area contributed by atoms with Gasteiger partial charge >= 0.3 is 5.95 Å².